The molecule has 17 heavy (non-hydrogen) atoms. The summed E-state index contributed by atoms with van der Waals surface area (Å²) in [5.74, 6) is 1.65. The van der Waals surface area contributed by atoms with Gasteiger partial charge in [0.15, 0.2) is 5.78 Å². The van der Waals surface area contributed by atoms with Crippen LogP contribution in [0.15, 0.2) is 12.1 Å². The van der Waals surface area contributed by atoms with Crippen LogP contribution in [0.4, 0.5) is 0 Å². The quantitative estimate of drug-likeness (QED) is 0.620. The molecule has 0 aliphatic carbocycles. The van der Waals surface area contributed by atoms with Crippen molar-refractivity contribution in [3.63, 3.8) is 0 Å². The van der Waals surface area contributed by atoms with Crippen molar-refractivity contribution in [2.45, 2.75) is 32.4 Å². The number of hydrogen-bond donors (Lipinski definition) is 1. The highest BCUT2D eigenvalue weighted by atomic mass is 35.5. The van der Waals surface area contributed by atoms with Gasteiger partial charge in [-0.05, 0) is 31.2 Å². The molecule has 0 saturated carbocycles. The number of phenolic OH excluding ortho intramolecular Hbond substituents is 1. The van der Waals surface area contributed by atoms with Crippen molar-refractivity contribution < 1.29 is 9.90 Å². The van der Waals surface area contributed by atoms with Gasteiger partial charge in [-0.2, -0.15) is 11.8 Å². The fourth-order valence-corrected chi connectivity index (χ4v) is 2.78. The number of halogens is 1. The Morgan fingerprint density at radius 2 is 2.18 bits per heavy atom. The second-order valence-corrected chi connectivity index (χ2v) is 5.47. The molecular formula is C13H17ClO2S. The third-order valence-corrected chi connectivity index (χ3v) is 3.74. The van der Waals surface area contributed by atoms with Crippen molar-refractivity contribution >= 4 is 29.1 Å². The highest BCUT2D eigenvalue weighted by Gasteiger charge is 2.12. The Morgan fingerprint density at radius 3 is 2.76 bits per heavy atom. The minimum atomic E-state index is -0.162. The number of ketones is 1. The summed E-state index contributed by atoms with van der Waals surface area (Å²) in [6, 6.07) is 3.24. The molecule has 0 bridgehead atoms. The second-order valence-electron chi connectivity index (χ2n) is 3.92. The molecule has 0 radical (unpaired) electrons. The molecule has 0 fully saturated rings. The van der Waals surface area contributed by atoms with Crippen molar-refractivity contribution in [1.29, 1.82) is 0 Å². The van der Waals surface area contributed by atoms with Gasteiger partial charge in [-0.15, -0.1) is 0 Å². The molecule has 0 saturated heterocycles. The van der Waals surface area contributed by atoms with Crippen molar-refractivity contribution in [2.24, 2.45) is 0 Å². The molecule has 94 valence electrons. The van der Waals surface area contributed by atoms with E-state index < -0.39 is 0 Å². The lowest BCUT2D eigenvalue weighted by atomic mass is 10.1. The van der Waals surface area contributed by atoms with E-state index in [0.717, 1.165) is 24.2 Å². The van der Waals surface area contributed by atoms with Crippen molar-refractivity contribution in [3.8, 4) is 5.75 Å². The SMILES string of the molecule is CCCCSCc1cc(Cl)cc(C(C)=O)c1O. The molecule has 1 N–H and O–H groups in total. The van der Waals surface area contributed by atoms with Crippen LogP contribution in [0.3, 0.4) is 0 Å². The number of Topliss-reactive ketones (excluding diaryl/α,β-unsaturated/α-hetero) is 1. The van der Waals surface area contributed by atoms with E-state index in [1.54, 1.807) is 17.8 Å². The predicted octanol–water partition coefficient (Wildman–Crippen LogP) is 4.28. The average Bonchev–Trinajstić information content (AvgIpc) is 2.28. The minimum absolute atomic E-state index is 0.0749. The van der Waals surface area contributed by atoms with Crippen LogP contribution in [-0.4, -0.2) is 16.6 Å². The van der Waals surface area contributed by atoms with Crippen LogP contribution >= 0.6 is 23.4 Å². The van der Waals surface area contributed by atoms with Crippen molar-refractivity contribution in [3.05, 3.63) is 28.3 Å². The van der Waals surface area contributed by atoms with E-state index in [-0.39, 0.29) is 11.5 Å². The maximum atomic E-state index is 11.3. The molecule has 0 atom stereocenters. The van der Waals surface area contributed by atoms with Gasteiger partial charge < -0.3 is 5.11 Å². The van der Waals surface area contributed by atoms with Crippen LogP contribution in [0.25, 0.3) is 0 Å². The Labute approximate surface area is 111 Å². The molecule has 0 aromatic heterocycles. The fourth-order valence-electron chi connectivity index (χ4n) is 1.46. The smallest absolute Gasteiger partial charge is 0.163 e. The van der Waals surface area contributed by atoms with Crippen LogP contribution in [-0.2, 0) is 5.75 Å². The summed E-state index contributed by atoms with van der Waals surface area (Å²) in [4.78, 5) is 11.3. The van der Waals surface area contributed by atoms with E-state index in [4.69, 9.17) is 11.6 Å². The van der Waals surface area contributed by atoms with Crippen LogP contribution in [0, 0.1) is 0 Å². The van der Waals surface area contributed by atoms with Gasteiger partial charge in [0.05, 0.1) is 5.56 Å². The van der Waals surface area contributed by atoms with Crippen LogP contribution in [0.1, 0.15) is 42.6 Å². The standard InChI is InChI=1S/C13H17ClO2S/c1-3-4-5-17-8-10-6-11(14)7-12(9(2)15)13(10)16/h6-7,16H,3-5,8H2,1-2H3. The van der Waals surface area contributed by atoms with Gasteiger partial charge in [0, 0.05) is 16.3 Å². The zero-order valence-corrected chi connectivity index (χ0v) is 11.7. The lowest BCUT2D eigenvalue weighted by molar-refractivity contribution is 0.101. The first-order chi connectivity index (χ1) is 8.06. The summed E-state index contributed by atoms with van der Waals surface area (Å²) in [5.41, 5.74) is 1.05. The first kappa shape index (κ1) is 14.4. The molecule has 0 heterocycles. The van der Waals surface area contributed by atoms with E-state index in [2.05, 4.69) is 6.92 Å². The molecule has 0 aliphatic heterocycles. The summed E-state index contributed by atoms with van der Waals surface area (Å²) in [6.07, 6.45) is 2.32. The average molecular weight is 273 g/mol. The third-order valence-electron chi connectivity index (χ3n) is 2.43. The normalized spacial score (nSPS) is 10.5. The van der Waals surface area contributed by atoms with E-state index in [1.165, 1.54) is 13.0 Å². The van der Waals surface area contributed by atoms with Crippen LogP contribution in [0.2, 0.25) is 5.02 Å². The number of unbranched alkanes of at least 4 members (excludes halogenated alkanes) is 1. The third kappa shape index (κ3) is 4.25. The molecule has 0 amide bonds. The topological polar surface area (TPSA) is 37.3 Å². The number of benzene rings is 1. The summed E-state index contributed by atoms with van der Waals surface area (Å²) in [7, 11) is 0. The Balaban J connectivity index is 2.81. The van der Waals surface area contributed by atoms with E-state index in [9.17, 15) is 9.90 Å². The molecule has 0 spiro atoms. The number of phenols is 1. The van der Waals surface area contributed by atoms with Crippen molar-refractivity contribution in [1.82, 2.24) is 0 Å². The zero-order chi connectivity index (χ0) is 12.8. The minimum Gasteiger partial charge on any atom is -0.507 e. The highest BCUT2D eigenvalue weighted by Crippen LogP contribution is 2.30. The van der Waals surface area contributed by atoms with Gasteiger partial charge in [-0.1, -0.05) is 24.9 Å². The molecule has 1 aromatic carbocycles. The number of aromatic hydroxyl groups is 1. The van der Waals surface area contributed by atoms with E-state index in [0.29, 0.717) is 16.3 Å². The van der Waals surface area contributed by atoms with Gasteiger partial charge in [-0.3, -0.25) is 4.79 Å². The zero-order valence-electron chi connectivity index (χ0n) is 10.1. The Kier molecular flexibility index (Phi) is 5.86. The van der Waals surface area contributed by atoms with E-state index >= 15 is 0 Å². The summed E-state index contributed by atoms with van der Waals surface area (Å²) < 4.78 is 0. The number of thioether (sulfide) groups is 1. The fraction of sp³-hybridized carbons (Fsp3) is 0.462. The summed E-state index contributed by atoms with van der Waals surface area (Å²) in [5, 5.41) is 10.4. The van der Waals surface area contributed by atoms with Gasteiger partial charge in [0.2, 0.25) is 0 Å². The van der Waals surface area contributed by atoms with Gasteiger partial charge in [-0.25, -0.2) is 0 Å². The molecule has 1 aromatic rings. The lowest BCUT2D eigenvalue weighted by Gasteiger charge is -2.08. The number of carbonyl (C=O) groups is 1. The molecule has 4 heteroatoms. The predicted molar refractivity (Wildman–Crippen MR) is 74.2 cm³/mol. The lowest BCUT2D eigenvalue weighted by Crippen LogP contribution is -1.96. The van der Waals surface area contributed by atoms with Gasteiger partial charge in [0.25, 0.3) is 0 Å². The molecule has 0 unspecified atom stereocenters. The Bertz CT molecular complexity index is 405. The molecular weight excluding hydrogens is 256 g/mol. The van der Waals surface area contributed by atoms with E-state index in [1.807, 2.05) is 0 Å². The van der Waals surface area contributed by atoms with Crippen molar-refractivity contribution in [2.75, 3.05) is 5.75 Å². The number of hydrogen-bond acceptors (Lipinski definition) is 3. The summed E-state index contributed by atoms with van der Waals surface area (Å²) in [6.45, 7) is 3.57. The maximum absolute atomic E-state index is 11.3. The monoisotopic (exact) mass is 272 g/mol. The first-order valence-corrected chi connectivity index (χ1v) is 7.19. The summed E-state index contributed by atoms with van der Waals surface area (Å²) >= 11 is 7.68. The molecule has 0 aliphatic rings. The maximum Gasteiger partial charge on any atom is 0.163 e. The molecule has 1 rings (SSSR count). The van der Waals surface area contributed by atoms with Crippen LogP contribution < -0.4 is 0 Å². The number of rotatable bonds is 6. The largest absolute Gasteiger partial charge is 0.507 e. The number of carbonyl (C=O) groups excluding carboxylic acids is 1. The Morgan fingerprint density at radius 1 is 1.47 bits per heavy atom. The Hall–Kier alpha value is -0.670. The van der Waals surface area contributed by atoms with Gasteiger partial charge >= 0.3 is 0 Å². The highest BCUT2D eigenvalue weighted by molar-refractivity contribution is 7.98. The van der Waals surface area contributed by atoms with Gasteiger partial charge in [0.1, 0.15) is 5.75 Å². The first-order valence-electron chi connectivity index (χ1n) is 5.66. The molecule has 2 nitrogen and oxygen atoms in total. The van der Waals surface area contributed by atoms with Crippen LogP contribution in [0.5, 0.6) is 5.75 Å². The second kappa shape index (κ2) is 6.92.